The van der Waals surface area contributed by atoms with Gasteiger partial charge in [0.25, 0.3) is 0 Å². The van der Waals surface area contributed by atoms with Crippen molar-refractivity contribution in [3.63, 3.8) is 0 Å². The molecule has 0 aromatic rings. The standard InChI is InChI=1S/C13H19NO2/c1-11(2)13(15)16-10-9-14(3)12-7-5-4-6-8-12/h5,7-8H,1,4,6,9-10H2,2-3H3. The number of nitrogens with zero attached hydrogens (tertiary/aromatic N) is 1. The van der Waals surface area contributed by atoms with E-state index in [2.05, 4.69) is 29.7 Å². The molecular weight excluding hydrogens is 202 g/mol. The molecule has 0 spiro atoms. The topological polar surface area (TPSA) is 29.5 Å². The molecule has 0 bridgehead atoms. The summed E-state index contributed by atoms with van der Waals surface area (Å²) >= 11 is 0. The van der Waals surface area contributed by atoms with Crippen LogP contribution in [0.4, 0.5) is 0 Å². The van der Waals surface area contributed by atoms with Crippen molar-refractivity contribution in [2.75, 3.05) is 20.2 Å². The zero-order valence-electron chi connectivity index (χ0n) is 10.0. The van der Waals surface area contributed by atoms with E-state index >= 15 is 0 Å². The second-order valence-electron chi connectivity index (χ2n) is 3.95. The maximum Gasteiger partial charge on any atom is 0.333 e. The molecule has 3 heteroatoms. The predicted octanol–water partition coefficient (Wildman–Crippen LogP) is 2.27. The van der Waals surface area contributed by atoms with E-state index in [1.165, 1.54) is 5.70 Å². The Morgan fingerprint density at radius 1 is 1.56 bits per heavy atom. The summed E-state index contributed by atoms with van der Waals surface area (Å²) in [5.74, 6) is -0.318. The second-order valence-corrected chi connectivity index (χ2v) is 3.95. The van der Waals surface area contributed by atoms with Crippen LogP contribution in [0.25, 0.3) is 0 Å². The van der Waals surface area contributed by atoms with Crippen LogP contribution < -0.4 is 0 Å². The van der Waals surface area contributed by atoms with E-state index in [4.69, 9.17) is 4.74 Å². The highest BCUT2D eigenvalue weighted by Gasteiger charge is 2.06. The van der Waals surface area contributed by atoms with Crippen LogP contribution in [0, 0.1) is 0 Å². The number of rotatable bonds is 5. The summed E-state index contributed by atoms with van der Waals surface area (Å²) in [6.07, 6.45) is 8.65. The molecule has 0 heterocycles. The third-order valence-corrected chi connectivity index (χ3v) is 2.42. The summed E-state index contributed by atoms with van der Waals surface area (Å²) < 4.78 is 5.03. The molecule has 0 saturated carbocycles. The number of carbonyl (C=O) groups is 1. The Hall–Kier alpha value is -1.51. The minimum Gasteiger partial charge on any atom is -0.460 e. The molecule has 1 aliphatic carbocycles. The molecule has 16 heavy (non-hydrogen) atoms. The maximum atomic E-state index is 11.1. The zero-order chi connectivity index (χ0) is 12.0. The molecular formula is C13H19NO2. The van der Waals surface area contributed by atoms with E-state index in [9.17, 15) is 4.79 Å². The first-order valence-corrected chi connectivity index (χ1v) is 5.51. The second kappa shape index (κ2) is 6.16. The van der Waals surface area contributed by atoms with Gasteiger partial charge in [-0.3, -0.25) is 0 Å². The molecule has 0 aromatic heterocycles. The number of ether oxygens (including phenoxy) is 1. The Kier molecular flexibility index (Phi) is 4.83. The monoisotopic (exact) mass is 221 g/mol. The van der Waals surface area contributed by atoms with Crippen molar-refractivity contribution in [1.82, 2.24) is 4.90 Å². The van der Waals surface area contributed by atoms with Crippen molar-refractivity contribution in [2.24, 2.45) is 0 Å². The average Bonchev–Trinajstić information content (AvgIpc) is 2.29. The van der Waals surface area contributed by atoms with Gasteiger partial charge in [-0.2, -0.15) is 0 Å². The molecule has 0 aliphatic heterocycles. The van der Waals surface area contributed by atoms with Gasteiger partial charge in [-0.15, -0.1) is 0 Å². The quantitative estimate of drug-likeness (QED) is 0.527. The largest absolute Gasteiger partial charge is 0.460 e. The summed E-state index contributed by atoms with van der Waals surface area (Å²) in [5, 5.41) is 0. The fraction of sp³-hybridized carbons (Fsp3) is 0.462. The van der Waals surface area contributed by atoms with Crippen LogP contribution in [-0.2, 0) is 9.53 Å². The average molecular weight is 221 g/mol. The van der Waals surface area contributed by atoms with Gasteiger partial charge in [0.05, 0.1) is 6.54 Å². The molecule has 0 unspecified atom stereocenters. The fourth-order valence-electron chi connectivity index (χ4n) is 1.41. The van der Waals surface area contributed by atoms with Crippen LogP contribution in [0.2, 0.25) is 0 Å². The van der Waals surface area contributed by atoms with Gasteiger partial charge < -0.3 is 9.64 Å². The normalized spacial score (nSPS) is 14.2. The highest BCUT2D eigenvalue weighted by Crippen LogP contribution is 2.12. The minimum atomic E-state index is -0.318. The van der Waals surface area contributed by atoms with Crippen LogP contribution >= 0.6 is 0 Å². The van der Waals surface area contributed by atoms with Gasteiger partial charge in [0, 0.05) is 18.3 Å². The van der Waals surface area contributed by atoms with Crippen LogP contribution in [0.1, 0.15) is 19.8 Å². The van der Waals surface area contributed by atoms with Crippen LogP contribution in [-0.4, -0.2) is 31.1 Å². The highest BCUT2D eigenvalue weighted by molar-refractivity contribution is 5.86. The number of likely N-dealkylation sites (N-methyl/N-ethyl adjacent to an activating group) is 1. The van der Waals surface area contributed by atoms with E-state index in [1.54, 1.807) is 6.92 Å². The Bertz CT molecular complexity index is 329. The molecule has 0 N–H and O–H groups in total. The van der Waals surface area contributed by atoms with Crippen molar-refractivity contribution in [3.8, 4) is 0 Å². The first-order valence-electron chi connectivity index (χ1n) is 5.51. The van der Waals surface area contributed by atoms with Gasteiger partial charge in [-0.05, 0) is 25.8 Å². The molecule has 0 saturated heterocycles. The molecule has 0 amide bonds. The van der Waals surface area contributed by atoms with Crippen LogP contribution in [0.3, 0.4) is 0 Å². The molecule has 0 fully saturated rings. The lowest BCUT2D eigenvalue weighted by atomic mass is 10.1. The van der Waals surface area contributed by atoms with Gasteiger partial charge in [-0.1, -0.05) is 18.7 Å². The number of carbonyl (C=O) groups excluding carboxylic acids is 1. The predicted molar refractivity (Wildman–Crippen MR) is 64.9 cm³/mol. The molecule has 1 rings (SSSR count). The lowest BCUT2D eigenvalue weighted by Gasteiger charge is -2.21. The summed E-state index contributed by atoms with van der Waals surface area (Å²) in [5.41, 5.74) is 1.64. The molecule has 88 valence electrons. The highest BCUT2D eigenvalue weighted by atomic mass is 16.5. The van der Waals surface area contributed by atoms with Gasteiger partial charge in [0.15, 0.2) is 0 Å². The molecule has 3 nitrogen and oxygen atoms in total. The Balaban J connectivity index is 2.27. The lowest BCUT2D eigenvalue weighted by Crippen LogP contribution is -2.23. The maximum absolute atomic E-state index is 11.1. The third kappa shape index (κ3) is 3.93. The summed E-state index contributed by atoms with van der Waals surface area (Å²) in [6, 6.07) is 0. The van der Waals surface area contributed by atoms with Crippen molar-refractivity contribution in [2.45, 2.75) is 19.8 Å². The third-order valence-electron chi connectivity index (χ3n) is 2.42. The molecule has 0 atom stereocenters. The van der Waals surface area contributed by atoms with E-state index in [-0.39, 0.29) is 5.97 Å². The summed E-state index contributed by atoms with van der Waals surface area (Å²) in [4.78, 5) is 13.2. The van der Waals surface area contributed by atoms with Crippen LogP contribution in [0.15, 0.2) is 36.1 Å². The molecule has 0 radical (unpaired) electrons. The number of hydrogen-bond acceptors (Lipinski definition) is 3. The van der Waals surface area contributed by atoms with Crippen molar-refractivity contribution < 1.29 is 9.53 Å². The van der Waals surface area contributed by atoms with E-state index in [0.29, 0.717) is 18.7 Å². The van der Waals surface area contributed by atoms with E-state index in [1.807, 2.05) is 7.05 Å². The van der Waals surface area contributed by atoms with Crippen molar-refractivity contribution in [1.29, 1.82) is 0 Å². The van der Waals surface area contributed by atoms with Crippen molar-refractivity contribution >= 4 is 5.97 Å². The lowest BCUT2D eigenvalue weighted by molar-refractivity contribution is -0.139. The number of hydrogen-bond donors (Lipinski definition) is 0. The van der Waals surface area contributed by atoms with Gasteiger partial charge in [0.1, 0.15) is 6.61 Å². The first kappa shape index (κ1) is 12.6. The van der Waals surface area contributed by atoms with Crippen molar-refractivity contribution in [3.05, 3.63) is 36.1 Å². The van der Waals surface area contributed by atoms with E-state index in [0.717, 1.165) is 12.8 Å². The van der Waals surface area contributed by atoms with E-state index < -0.39 is 0 Å². The Morgan fingerprint density at radius 3 is 2.88 bits per heavy atom. The fourth-order valence-corrected chi connectivity index (χ4v) is 1.41. The number of esters is 1. The first-order chi connectivity index (χ1) is 7.61. The van der Waals surface area contributed by atoms with Gasteiger partial charge in [-0.25, -0.2) is 4.79 Å². The summed E-state index contributed by atoms with van der Waals surface area (Å²) in [6.45, 7) is 6.28. The van der Waals surface area contributed by atoms with Crippen LogP contribution in [0.5, 0.6) is 0 Å². The SMILES string of the molecule is C=C(C)C(=O)OCCN(C)C1=CCCC=C1. The van der Waals surface area contributed by atoms with Gasteiger partial charge in [0.2, 0.25) is 0 Å². The Morgan fingerprint density at radius 2 is 2.31 bits per heavy atom. The Labute approximate surface area is 97.1 Å². The molecule has 0 aromatic carbocycles. The summed E-state index contributed by atoms with van der Waals surface area (Å²) in [7, 11) is 2.00. The molecule has 1 aliphatic rings. The minimum absolute atomic E-state index is 0.318. The smallest absolute Gasteiger partial charge is 0.333 e. The zero-order valence-corrected chi connectivity index (χ0v) is 10.0. The number of allylic oxidation sites excluding steroid dienone is 3. The van der Waals surface area contributed by atoms with Gasteiger partial charge >= 0.3 is 5.97 Å².